The third kappa shape index (κ3) is 3.62. The van der Waals surface area contributed by atoms with Gasteiger partial charge in [-0.15, -0.1) is 0 Å². The molecule has 7 nitrogen and oxygen atoms in total. The highest BCUT2D eigenvalue weighted by atomic mass is 16.5. The summed E-state index contributed by atoms with van der Waals surface area (Å²) < 4.78 is 10.1. The van der Waals surface area contributed by atoms with Crippen LogP contribution < -0.4 is 10.6 Å². The highest BCUT2D eigenvalue weighted by molar-refractivity contribution is 6.39. The number of carbonyl (C=O) groups excluding carboxylic acids is 2. The van der Waals surface area contributed by atoms with Crippen molar-refractivity contribution in [2.24, 2.45) is 0 Å². The average Bonchev–Trinajstić information content (AvgIpc) is 3.14. The van der Waals surface area contributed by atoms with Gasteiger partial charge in [0.25, 0.3) is 0 Å². The van der Waals surface area contributed by atoms with Crippen LogP contribution in [0.2, 0.25) is 0 Å². The van der Waals surface area contributed by atoms with Crippen molar-refractivity contribution in [1.82, 2.24) is 10.5 Å². The minimum absolute atomic E-state index is 0.207. The van der Waals surface area contributed by atoms with Gasteiger partial charge in [0, 0.05) is 31.2 Å². The van der Waals surface area contributed by atoms with E-state index < -0.39 is 11.8 Å². The van der Waals surface area contributed by atoms with Gasteiger partial charge in [-0.2, -0.15) is 0 Å². The van der Waals surface area contributed by atoms with Crippen LogP contribution in [0.5, 0.6) is 0 Å². The molecule has 0 radical (unpaired) electrons. The van der Waals surface area contributed by atoms with Crippen LogP contribution in [-0.4, -0.2) is 36.7 Å². The quantitative estimate of drug-likeness (QED) is 0.829. The van der Waals surface area contributed by atoms with Crippen molar-refractivity contribution in [2.45, 2.75) is 18.3 Å². The standard InChI is InChI=1S/C17H19N3O4/c21-15(16(22)19-14-6-9-24-20-14)18-12-17(7-10-23-11-8-17)13-4-2-1-3-5-13/h1-6,9H,7-8,10-12H2,(H,18,21)(H,19,20,22). The Morgan fingerprint density at radius 1 is 1.08 bits per heavy atom. The molecule has 1 aromatic heterocycles. The highest BCUT2D eigenvalue weighted by Crippen LogP contribution is 2.34. The minimum Gasteiger partial charge on any atom is -0.381 e. The molecule has 1 fully saturated rings. The zero-order valence-corrected chi connectivity index (χ0v) is 13.2. The first-order chi connectivity index (χ1) is 11.7. The topological polar surface area (TPSA) is 93.5 Å². The Hall–Kier alpha value is -2.67. The van der Waals surface area contributed by atoms with Crippen molar-refractivity contribution in [3.05, 3.63) is 48.2 Å². The van der Waals surface area contributed by atoms with Gasteiger partial charge in [0.2, 0.25) is 0 Å². The molecule has 3 rings (SSSR count). The number of ether oxygens (including phenoxy) is 1. The maximum absolute atomic E-state index is 12.1. The zero-order chi connectivity index (χ0) is 16.8. The van der Waals surface area contributed by atoms with E-state index >= 15 is 0 Å². The first-order valence-corrected chi connectivity index (χ1v) is 7.82. The van der Waals surface area contributed by atoms with Crippen LogP contribution in [-0.2, 0) is 19.7 Å². The number of carbonyl (C=O) groups is 2. The lowest BCUT2D eigenvalue weighted by Crippen LogP contribution is -2.47. The number of rotatable bonds is 4. The molecular formula is C17H19N3O4. The summed E-state index contributed by atoms with van der Waals surface area (Å²) in [5, 5.41) is 8.67. The van der Waals surface area contributed by atoms with Gasteiger partial charge < -0.3 is 14.6 Å². The van der Waals surface area contributed by atoms with Gasteiger partial charge in [-0.25, -0.2) is 0 Å². The fourth-order valence-corrected chi connectivity index (χ4v) is 2.90. The molecule has 24 heavy (non-hydrogen) atoms. The molecule has 2 heterocycles. The first kappa shape index (κ1) is 16.2. The van der Waals surface area contributed by atoms with E-state index in [1.807, 2.05) is 30.3 Å². The highest BCUT2D eigenvalue weighted by Gasteiger charge is 2.35. The number of hydrogen-bond acceptors (Lipinski definition) is 5. The molecule has 0 unspecified atom stereocenters. The molecule has 1 aromatic carbocycles. The Labute approximate surface area is 139 Å². The normalized spacial score (nSPS) is 16.3. The van der Waals surface area contributed by atoms with E-state index in [9.17, 15) is 9.59 Å². The summed E-state index contributed by atoms with van der Waals surface area (Å²) in [6.07, 6.45) is 2.91. The SMILES string of the molecule is O=C(NCC1(c2ccccc2)CCOCC1)C(=O)Nc1ccon1. The van der Waals surface area contributed by atoms with E-state index in [-0.39, 0.29) is 11.2 Å². The second kappa shape index (κ2) is 7.27. The Morgan fingerprint density at radius 2 is 1.83 bits per heavy atom. The predicted octanol–water partition coefficient (Wildman–Crippen LogP) is 1.48. The molecule has 1 aliphatic heterocycles. The third-order valence-electron chi connectivity index (χ3n) is 4.31. The van der Waals surface area contributed by atoms with Crippen LogP contribution in [0.4, 0.5) is 5.82 Å². The lowest BCUT2D eigenvalue weighted by atomic mass is 9.74. The van der Waals surface area contributed by atoms with Crippen molar-refractivity contribution < 1.29 is 18.8 Å². The maximum atomic E-state index is 12.1. The van der Waals surface area contributed by atoms with Crippen molar-refractivity contribution in [3.63, 3.8) is 0 Å². The van der Waals surface area contributed by atoms with Gasteiger partial charge in [0.15, 0.2) is 5.82 Å². The number of nitrogens with one attached hydrogen (secondary N) is 2. The molecule has 2 N–H and O–H groups in total. The number of nitrogens with zero attached hydrogens (tertiary/aromatic N) is 1. The van der Waals surface area contributed by atoms with Crippen LogP contribution in [0, 0.1) is 0 Å². The Morgan fingerprint density at radius 3 is 2.50 bits per heavy atom. The van der Waals surface area contributed by atoms with E-state index in [0.29, 0.717) is 19.8 Å². The van der Waals surface area contributed by atoms with Crippen LogP contribution in [0.3, 0.4) is 0 Å². The number of amides is 2. The third-order valence-corrected chi connectivity index (χ3v) is 4.31. The Balaban J connectivity index is 1.65. The van der Waals surface area contributed by atoms with Crippen molar-refractivity contribution in [3.8, 4) is 0 Å². The molecule has 1 aliphatic rings. The van der Waals surface area contributed by atoms with E-state index in [0.717, 1.165) is 18.4 Å². The van der Waals surface area contributed by atoms with Crippen LogP contribution in [0.25, 0.3) is 0 Å². The van der Waals surface area contributed by atoms with Gasteiger partial charge >= 0.3 is 11.8 Å². The maximum Gasteiger partial charge on any atom is 0.314 e. The van der Waals surface area contributed by atoms with Gasteiger partial charge in [0.05, 0.1) is 0 Å². The molecule has 0 spiro atoms. The summed E-state index contributed by atoms with van der Waals surface area (Å²) in [5.41, 5.74) is 0.925. The van der Waals surface area contributed by atoms with Gasteiger partial charge in [-0.1, -0.05) is 35.5 Å². The summed E-state index contributed by atoms with van der Waals surface area (Å²) in [6.45, 7) is 1.65. The summed E-state index contributed by atoms with van der Waals surface area (Å²) in [7, 11) is 0. The van der Waals surface area contributed by atoms with E-state index in [4.69, 9.17) is 4.74 Å². The fraction of sp³-hybridized carbons (Fsp3) is 0.353. The largest absolute Gasteiger partial charge is 0.381 e. The number of benzene rings is 1. The van der Waals surface area contributed by atoms with Crippen LogP contribution >= 0.6 is 0 Å². The predicted molar refractivity (Wildman–Crippen MR) is 86.3 cm³/mol. The lowest BCUT2D eigenvalue weighted by Gasteiger charge is -2.37. The summed E-state index contributed by atoms with van der Waals surface area (Å²) in [4.78, 5) is 24.0. The zero-order valence-electron chi connectivity index (χ0n) is 13.2. The number of aromatic nitrogens is 1. The number of hydrogen-bond donors (Lipinski definition) is 2. The minimum atomic E-state index is -0.765. The van der Waals surface area contributed by atoms with E-state index in [2.05, 4.69) is 20.3 Å². The molecule has 0 aliphatic carbocycles. The Kier molecular flexibility index (Phi) is 4.90. The molecule has 0 bridgehead atoms. The monoisotopic (exact) mass is 329 g/mol. The van der Waals surface area contributed by atoms with Gasteiger partial charge in [0.1, 0.15) is 6.26 Å². The number of anilines is 1. The second-order valence-corrected chi connectivity index (χ2v) is 5.78. The molecule has 0 atom stereocenters. The first-order valence-electron chi connectivity index (χ1n) is 7.82. The Bertz CT molecular complexity index is 679. The van der Waals surface area contributed by atoms with Crippen molar-refractivity contribution in [1.29, 1.82) is 0 Å². The van der Waals surface area contributed by atoms with Crippen molar-refractivity contribution >= 4 is 17.6 Å². The molecule has 126 valence electrons. The summed E-state index contributed by atoms with van der Waals surface area (Å²) in [6, 6.07) is 11.5. The van der Waals surface area contributed by atoms with Crippen LogP contribution in [0.1, 0.15) is 18.4 Å². The van der Waals surface area contributed by atoms with E-state index in [1.54, 1.807) is 0 Å². The average molecular weight is 329 g/mol. The molecule has 0 saturated carbocycles. The molecular weight excluding hydrogens is 310 g/mol. The van der Waals surface area contributed by atoms with E-state index in [1.165, 1.54) is 12.3 Å². The smallest absolute Gasteiger partial charge is 0.314 e. The molecule has 2 aromatic rings. The molecule has 7 heteroatoms. The molecule has 1 saturated heterocycles. The lowest BCUT2D eigenvalue weighted by molar-refractivity contribution is -0.136. The fourth-order valence-electron chi connectivity index (χ4n) is 2.90. The van der Waals surface area contributed by atoms with Crippen molar-refractivity contribution in [2.75, 3.05) is 25.1 Å². The van der Waals surface area contributed by atoms with Gasteiger partial charge in [-0.05, 0) is 18.4 Å². The molecule has 2 amide bonds. The summed E-state index contributed by atoms with van der Waals surface area (Å²) >= 11 is 0. The second-order valence-electron chi connectivity index (χ2n) is 5.78. The van der Waals surface area contributed by atoms with Crippen LogP contribution in [0.15, 0.2) is 47.2 Å². The summed E-state index contributed by atoms with van der Waals surface area (Å²) in [5.74, 6) is -1.25. The van der Waals surface area contributed by atoms with Gasteiger partial charge in [-0.3, -0.25) is 14.9 Å².